The molecule has 5 rings (SSSR count). The molecule has 0 saturated carbocycles. The van der Waals surface area contributed by atoms with Gasteiger partial charge in [-0.2, -0.15) is 0 Å². The summed E-state index contributed by atoms with van der Waals surface area (Å²) in [4.78, 5) is 25.3. The fraction of sp³-hybridized carbons (Fsp3) is 0.484. The minimum absolute atomic E-state index is 0.0551. The Morgan fingerprint density at radius 2 is 1.59 bits per heavy atom. The summed E-state index contributed by atoms with van der Waals surface area (Å²) in [7, 11) is 2.78. The lowest BCUT2D eigenvalue weighted by Crippen LogP contribution is -2.62. The van der Waals surface area contributed by atoms with Crippen molar-refractivity contribution in [3.05, 3.63) is 52.2 Å². The summed E-state index contributed by atoms with van der Waals surface area (Å²) in [5.74, 6) is -0.803. The molecule has 2 aliphatic rings. The maximum Gasteiger partial charge on any atom is 0.303 e. The molecule has 15 heteroatoms. The average molecular weight is 649 g/mol. The van der Waals surface area contributed by atoms with Gasteiger partial charge in [0.1, 0.15) is 76.7 Å². The van der Waals surface area contributed by atoms with Crippen molar-refractivity contribution in [2.24, 2.45) is 0 Å². The van der Waals surface area contributed by atoms with Gasteiger partial charge in [-0.15, -0.1) is 0 Å². The highest BCUT2D eigenvalue weighted by Gasteiger charge is 2.52. The molecule has 0 amide bonds. The first kappa shape index (κ1) is 33.6. The zero-order chi connectivity index (χ0) is 33.4. The van der Waals surface area contributed by atoms with E-state index in [-0.39, 0.29) is 28.0 Å². The van der Waals surface area contributed by atoms with E-state index >= 15 is 0 Å². The molecule has 10 atom stereocenters. The van der Waals surface area contributed by atoms with E-state index in [1.54, 1.807) is 24.3 Å². The lowest BCUT2D eigenvalue weighted by Gasteiger charge is -2.46. The molecular formula is C31H36O15. The van der Waals surface area contributed by atoms with Crippen LogP contribution in [0, 0.1) is 0 Å². The zero-order valence-corrected chi connectivity index (χ0v) is 25.3. The van der Waals surface area contributed by atoms with Gasteiger partial charge in [0.2, 0.25) is 0 Å². The van der Waals surface area contributed by atoms with Gasteiger partial charge in [0, 0.05) is 24.6 Å². The van der Waals surface area contributed by atoms with E-state index in [4.69, 9.17) is 32.8 Å². The van der Waals surface area contributed by atoms with Crippen LogP contribution in [0.2, 0.25) is 0 Å². The highest BCUT2D eigenvalue weighted by molar-refractivity contribution is 5.88. The fourth-order valence-corrected chi connectivity index (χ4v) is 5.69. The lowest BCUT2D eigenvalue weighted by molar-refractivity contribution is -0.339. The smallest absolute Gasteiger partial charge is 0.303 e. The Labute approximate surface area is 262 Å². The third-order valence-corrected chi connectivity index (χ3v) is 8.12. The first-order chi connectivity index (χ1) is 21.9. The van der Waals surface area contributed by atoms with Crippen LogP contribution >= 0.6 is 0 Å². The van der Waals surface area contributed by atoms with E-state index in [2.05, 4.69) is 0 Å². The van der Waals surface area contributed by atoms with E-state index in [0.29, 0.717) is 11.3 Å². The molecular weight excluding hydrogens is 612 g/mol. The summed E-state index contributed by atoms with van der Waals surface area (Å²) in [5, 5.41) is 64.2. The number of carbonyl (C=O) groups excluding carboxylic acids is 1. The minimum Gasteiger partial charge on any atom is -0.506 e. The molecule has 2 aromatic carbocycles. The molecule has 250 valence electrons. The van der Waals surface area contributed by atoms with Gasteiger partial charge in [-0.25, -0.2) is 0 Å². The zero-order valence-electron chi connectivity index (χ0n) is 25.3. The van der Waals surface area contributed by atoms with Crippen LogP contribution in [0.4, 0.5) is 0 Å². The van der Waals surface area contributed by atoms with Crippen LogP contribution < -0.4 is 14.9 Å². The Hall–Kier alpha value is -3.80. The number of aliphatic hydroxyl groups is 5. The monoisotopic (exact) mass is 648 g/mol. The number of hydrogen-bond donors (Lipinski definition) is 6. The Morgan fingerprint density at radius 1 is 0.913 bits per heavy atom. The summed E-state index contributed by atoms with van der Waals surface area (Å²) in [5.41, 5.74) is -0.356. The standard InChI is InChI=1S/C31H36O15/c1-12-23(35)26(38)30(43-13(2)33)31(42-12)46-29-27(39)24(36)20(11-32)45-28(29)22-18(41-4)10-19-21(25(22)37)16(34)9-17(44-19)14-5-7-15(40-3)8-6-14/h5-10,12,20,23-24,26-32,35-39H,11H2,1-4H3. The molecule has 0 radical (unpaired) electrons. The van der Waals surface area contributed by atoms with E-state index in [1.165, 1.54) is 33.3 Å². The maximum absolute atomic E-state index is 13.4. The van der Waals surface area contributed by atoms with E-state index in [1.807, 2.05) is 0 Å². The van der Waals surface area contributed by atoms with Crippen molar-refractivity contribution >= 4 is 16.9 Å². The number of phenolic OH excluding ortho intramolecular Hbond substituents is 1. The minimum atomic E-state index is -1.83. The molecule has 3 aromatic rings. The molecule has 6 N–H and O–H groups in total. The number of benzene rings is 2. The molecule has 1 aromatic heterocycles. The van der Waals surface area contributed by atoms with Crippen molar-refractivity contribution in [1.82, 2.24) is 0 Å². The predicted molar refractivity (Wildman–Crippen MR) is 156 cm³/mol. The first-order valence-corrected chi connectivity index (χ1v) is 14.4. The van der Waals surface area contributed by atoms with E-state index < -0.39 is 85.0 Å². The van der Waals surface area contributed by atoms with Gasteiger partial charge in [0.25, 0.3) is 0 Å². The predicted octanol–water partition coefficient (Wildman–Crippen LogP) is 0.120. The number of phenols is 1. The second-order valence-corrected chi connectivity index (χ2v) is 11.0. The number of ether oxygens (including phenoxy) is 6. The SMILES string of the molecule is COc1ccc(-c2cc(=O)c3c(O)c(C4OC(CO)C(O)C(O)C4OC4OC(C)C(O)C(O)C4OC(C)=O)c(OC)cc3o2)cc1. The molecule has 10 unspecified atom stereocenters. The molecule has 0 bridgehead atoms. The normalized spacial score (nSPS) is 31.4. The first-order valence-electron chi connectivity index (χ1n) is 14.4. The highest BCUT2D eigenvalue weighted by atomic mass is 16.7. The molecule has 3 heterocycles. The van der Waals surface area contributed by atoms with E-state index in [0.717, 1.165) is 6.92 Å². The molecule has 0 spiro atoms. The number of carbonyl (C=O) groups is 1. The van der Waals surface area contributed by atoms with Gasteiger partial charge in [0.05, 0.1) is 32.5 Å². The summed E-state index contributed by atoms with van der Waals surface area (Å²) in [6.07, 6.45) is -15.5. The van der Waals surface area contributed by atoms with Crippen molar-refractivity contribution < 1.29 is 68.3 Å². The largest absolute Gasteiger partial charge is 0.506 e. The number of hydrogen-bond acceptors (Lipinski definition) is 15. The number of fused-ring (bicyclic) bond motifs is 1. The average Bonchev–Trinajstić information content (AvgIpc) is 3.03. The van der Waals surface area contributed by atoms with Crippen molar-refractivity contribution in [1.29, 1.82) is 0 Å². The van der Waals surface area contributed by atoms with Crippen molar-refractivity contribution in [3.63, 3.8) is 0 Å². The van der Waals surface area contributed by atoms with E-state index in [9.17, 15) is 40.2 Å². The van der Waals surface area contributed by atoms with Crippen LogP contribution in [0.15, 0.2) is 45.6 Å². The number of esters is 1. The molecule has 15 nitrogen and oxygen atoms in total. The van der Waals surface area contributed by atoms with Crippen LogP contribution in [0.1, 0.15) is 25.5 Å². The summed E-state index contributed by atoms with van der Waals surface area (Å²) < 4.78 is 39.5. The number of rotatable bonds is 8. The van der Waals surface area contributed by atoms with Crippen LogP contribution in [-0.4, -0.2) is 113 Å². The maximum atomic E-state index is 13.4. The van der Waals surface area contributed by atoms with Gasteiger partial charge in [0.15, 0.2) is 17.8 Å². The summed E-state index contributed by atoms with van der Waals surface area (Å²) in [6.45, 7) is 1.73. The quantitative estimate of drug-likeness (QED) is 0.179. The van der Waals surface area contributed by atoms with Gasteiger partial charge < -0.3 is 63.5 Å². The Bertz CT molecular complexity index is 1600. The number of methoxy groups -OCH3 is 2. The van der Waals surface area contributed by atoms with Gasteiger partial charge in [-0.05, 0) is 31.2 Å². The Morgan fingerprint density at radius 3 is 2.20 bits per heavy atom. The molecule has 2 fully saturated rings. The second-order valence-electron chi connectivity index (χ2n) is 11.0. The van der Waals surface area contributed by atoms with Crippen molar-refractivity contribution in [3.8, 4) is 28.6 Å². The van der Waals surface area contributed by atoms with Crippen molar-refractivity contribution in [2.75, 3.05) is 20.8 Å². The molecule has 46 heavy (non-hydrogen) atoms. The Balaban J connectivity index is 1.61. The fourth-order valence-electron chi connectivity index (χ4n) is 5.69. The van der Waals surface area contributed by atoms with Crippen LogP contribution in [0.25, 0.3) is 22.3 Å². The molecule has 2 saturated heterocycles. The third-order valence-electron chi connectivity index (χ3n) is 8.12. The number of aromatic hydroxyl groups is 1. The topological polar surface area (TPSA) is 224 Å². The second kappa shape index (κ2) is 13.5. The van der Waals surface area contributed by atoms with Gasteiger partial charge >= 0.3 is 5.97 Å². The highest BCUT2D eigenvalue weighted by Crippen LogP contribution is 2.46. The van der Waals surface area contributed by atoms with Crippen LogP contribution in [-0.2, 0) is 23.7 Å². The third kappa shape index (κ3) is 6.15. The molecule has 2 aliphatic heterocycles. The summed E-state index contributed by atoms with van der Waals surface area (Å²) in [6, 6.07) is 9.23. The van der Waals surface area contributed by atoms with Crippen molar-refractivity contribution in [2.45, 2.75) is 75.1 Å². The van der Waals surface area contributed by atoms with Crippen LogP contribution in [0.3, 0.4) is 0 Å². The summed E-state index contributed by atoms with van der Waals surface area (Å²) >= 11 is 0. The Kier molecular flexibility index (Phi) is 9.86. The van der Waals surface area contributed by atoms with Gasteiger partial charge in [-0.1, -0.05) is 0 Å². The lowest BCUT2D eigenvalue weighted by atomic mass is 9.89. The molecule has 0 aliphatic carbocycles. The van der Waals surface area contributed by atoms with Gasteiger partial charge in [-0.3, -0.25) is 9.59 Å². The number of aliphatic hydroxyl groups excluding tert-OH is 5. The van der Waals surface area contributed by atoms with Crippen LogP contribution in [0.5, 0.6) is 17.2 Å².